The van der Waals surface area contributed by atoms with Crippen molar-refractivity contribution in [2.24, 2.45) is 0 Å². The van der Waals surface area contributed by atoms with Gasteiger partial charge in [-0.1, -0.05) is 6.07 Å². The highest BCUT2D eigenvalue weighted by molar-refractivity contribution is 5.60. The third-order valence-corrected chi connectivity index (χ3v) is 2.59. The van der Waals surface area contributed by atoms with Crippen LogP contribution in [-0.4, -0.2) is 11.1 Å². The highest BCUT2D eigenvalue weighted by Gasteiger charge is 2.02. The summed E-state index contributed by atoms with van der Waals surface area (Å²) in [6.07, 6.45) is 0.505. The second kappa shape index (κ2) is 6.01. The molecule has 0 aliphatic heterocycles. The van der Waals surface area contributed by atoms with Crippen LogP contribution in [0.15, 0.2) is 42.5 Å². The first-order valence-electron chi connectivity index (χ1n) is 6.29. The average Bonchev–Trinajstić information content (AvgIpc) is 2.40. The zero-order valence-electron chi connectivity index (χ0n) is 11.1. The standard InChI is InChI=1S/C16H16N2O/c1-12(2)19-15-8-6-13(7-9-15)16-5-3-4-14(18-16)10-11-17/h3-9,12H,10H2,1-2H3. The molecule has 0 atom stereocenters. The third-order valence-electron chi connectivity index (χ3n) is 2.59. The lowest BCUT2D eigenvalue weighted by Gasteiger charge is -2.10. The fraction of sp³-hybridized carbons (Fsp3) is 0.250. The number of rotatable bonds is 4. The van der Waals surface area contributed by atoms with Gasteiger partial charge in [-0.3, -0.25) is 4.98 Å². The fourth-order valence-electron chi connectivity index (χ4n) is 1.80. The summed E-state index contributed by atoms with van der Waals surface area (Å²) < 4.78 is 5.60. The van der Waals surface area contributed by atoms with E-state index < -0.39 is 0 Å². The predicted octanol–water partition coefficient (Wildman–Crippen LogP) is 3.60. The van der Waals surface area contributed by atoms with E-state index in [0.29, 0.717) is 6.42 Å². The monoisotopic (exact) mass is 252 g/mol. The van der Waals surface area contributed by atoms with Gasteiger partial charge in [0.25, 0.3) is 0 Å². The number of pyridine rings is 1. The molecule has 3 heteroatoms. The number of nitriles is 1. The SMILES string of the molecule is CC(C)Oc1ccc(-c2cccc(CC#N)n2)cc1. The van der Waals surface area contributed by atoms with Crippen LogP contribution in [0.3, 0.4) is 0 Å². The molecule has 0 radical (unpaired) electrons. The summed E-state index contributed by atoms with van der Waals surface area (Å²) >= 11 is 0. The van der Waals surface area contributed by atoms with Gasteiger partial charge in [-0.15, -0.1) is 0 Å². The van der Waals surface area contributed by atoms with Crippen molar-refractivity contribution in [3.05, 3.63) is 48.2 Å². The lowest BCUT2D eigenvalue weighted by Crippen LogP contribution is -2.05. The minimum atomic E-state index is 0.169. The number of ether oxygens (including phenoxy) is 1. The summed E-state index contributed by atoms with van der Waals surface area (Å²) in [5.41, 5.74) is 2.70. The molecule has 0 saturated heterocycles. The van der Waals surface area contributed by atoms with E-state index in [4.69, 9.17) is 10.00 Å². The Morgan fingerprint density at radius 2 is 1.89 bits per heavy atom. The Morgan fingerprint density at radius 1 is 1.16 bits per heavy atom. The molecule has 3 nitrogen and oxygen atoms in total. The Kier molecular flexibility index (Phi) is 4.15. The molecule has 0 saturated carbocycles. The Balaban J connectivity index is 2.22. The Labute approximate surface area is 113 Å². The zero-order valence-corrected chi connectivity index (χ0v) is 11.1. The van der Waals surface area contributed by atoms with Gasteiger partial charge in [-0.2, -0.15) is 5.26 Å². The van der Waals surface area contributed by atoms with E-state index in [-0.39, 0.29) is 6.10 Å². The zero-order chi connectivity index (χ0) is 13.7. The molecule has 0 amide bonds. The van der Waals surface area contributed by atoms with E-state index in [0.717, 1.165) is 22.7 Å². The van der Waals surface area contributed by atoms with Gasteiger partial charge in [0, 0.05) is 5.56 Å². The van der Waals surface area contributed by atoms with Crippen molar-refractivity contribution in [1.82, 2.24) is 4.98 Å². The molecule has 0 aliphatic carbocycles. The first-order valence-corrected chi connectivity index (χ1v) is 6.29. The van der Waals surface area contributed by atoms with Gasteiger partial charge in [0.2, 0.25) is 0 Å². The lowest BCUT2D eigenvalue weighted by molar-refractivity contribution is 0.242. The maximum Gasteiger partial charge on any atom is 0.119 e. The summed E-state index contributed by atoms with van der Waals surface area (Å²) in [7, 11) is 0. The van der Waals surface area contributed by atoms with E-state index in [1.807, 2.05) is 56.3 Å². The van der Waals surface area contributed by atoms with Crippen molar-refractivity contribution >= 4 is 0 Å². The number of hydrogen-bond donors (Lipinski definition) is 0. The predicted molar refractivity (Wildman–Crippen MR) is 74.8 cm³/mol. The first kappa shape index (κ1) is 13.1. The maximum atomic E-state index is 8.69. The normalized spacial score (nSPS) is 10.2. The van der Waals surface area contributed by atoms with E-state index in [1.165, 1.54) is 0 Å². The van der Waals surface area contributed by atoms with Crippen LogP contribution in [0.5, 0.6) is 5.75 Å². The Morgan fingerprint density at radius 3 is 2.53 bits per heavy atom. The summed E-state index contributed by atoms with van der Waals surface area (Å²) in [5.74, 6) is 0.854. The van der Waals surface area contributed by atoms with Gasteiger partial charge in [0.1, 0.15) is 5.75 Å². The number of nitrogens with zero attached hydrogens (tertiary/aromatic N) is 2. The summed E-state index contributed by atoms with van der Waals surface area (Å²) in [4.78, 5) is 4.46. The van der Waals surface area contributed by atoms with Gasteiger partial charge < -0.3 is 4.74 Å². The minimum absolute atomic E-state index is 0.169. The van der Waals surface area contributed by atoms with E-state index in [2.05, 4.69) is 11.1 Å². The van der Waals surface area contributed by atoms with Crippen LogP contribution in [0.25, 0.3) is 11.3 Å². The highest BCUT2D eigenvalue weighted by atomic mass is 16.5. The number of benzene rings is 1. The van der Waals surface area contributed by atoms with Gasteiger partial charge in [-0.25, -0.2) is 0 Å². The molecule has 1 aromatic heterocycles. The molecule has 0 N–H and O–H groups in total. The van der Waals surface area contributed by atoms with E-state index in [1.54, 1.807) is 0 Å². The quantitative estimate of drug-likeness (QED) is 0.835. The van der Waals surface area contributed by atoms with Gasteiger partial charge in [0.15, 0.2) is 0 Å². The molecule has 96 valence electrons. The molecule has 0 bridgehead atoms. The Bertz CT molecular complexity index is 582. The fourth-order valence-corrected chi connectivity index (χ4v) is 1.80. The second-order valence-corrected chi connectivity index (χ2v) is 4.54. The molecular formula is C16H16N2O. The number of aromatic nitrogens is 1. The van der Waals surface area contributed by atoms with Crippen LogP contribution >= 0.6 is 0 Å². The first-order chi connectivity index (χ1) is 9.19. The molecule has 19 heavy (non-hydrogen) atoms. The van der Waals surface area contributed by atoms with E-state index >= 15 is 0 Å². The minimum Gasteiger partial charge on any atom is -0.491 e. The van der Waals surface area contributed by atoms with Crippen molar-refractivity contribution in [2.75, 3.05) is 0 Å². The lowest BCUT2D eigenvalue weighted by atomic mass is 10.1. The largest absolute Gasteiger partial charge is 0.491 e. The van der Waals surface area contributed by atoms with Crippen LogP contribution < -0.4 is 4.74 Å². The second-order valence-electron chi connectivity index (χ2n) is 4.54. The van der Waals surface area contributed by atoms with Crippen LogP contribution in [-0.2, 0) is 6.42 Å². The molecule has 2 rings (SSSR count). The van der Waals surface area contributed by atoms with E-state index in [9.17, 15) is 0 Å². The van der Waals surface area contributed by atoms with Crippen molar-refractivity contribution < 1.29 is 4.74 Å². The number of hydrogen-bond acceptors (Lipinski definition) is 3. The highest BCUT2D eigenvalue weighted by Crippen LogP contribution is 2.21. The van der Waals surface area contributed by atoms with Crippen molar-refractivity contribution in [2.45, 2.75) is 26.4 Å². The van der Waals surface area contributed by atoms with Crippen LogP contribution in [0.4, 0.5) is 0 Å². The smallest absolute Gasteiger partial charge is 0.119 e. The molecule has 0 spiro atoms. The van der Waals surface area contributed by atoms with Gasteiger partial charge in [0.05, 0.1) is 30.0 Å². The molecule has 0 fully saturated rings. The Hall–Kier alpha value is -2.34. The summed E-state index contributed by atoms with van der Waals surface area (Å²) in [6, 6.07) is 15.7. The van der Waals surface area contributed by atoms with Crippen molar-refractivity contribution in [3.63, 3.8) is 0 Å². The summed E-state index contributed by atoms with van der Waals surface area (Å²) in [6.45, 7) is 4.00. The average molecular weight is 252 g/mol. The van der Waals surface area contributed by atoms with Crippen molar-refractivity contribution in [3.8, 4) is 23.1 Å². The molecule has 0 unspecified atom stereocenters. The molecule has 1 heterocycles. The van der Waals surface area contributed by atoms with Crippen LogP contribution in [0.1, 0.15) is 19.5 Å². The topological polar surface area (TPSA) is 45.9 Å². The van der Waals surface area contributed by atoms with Crippen LogP contribution in [0, 0.1) is 11.3 Å². The van der Waals surface area contributed by atoms with Gasteiger partial charge >= 0.3 is 0 Å². The molecule has 1 aromatic carbocycles. The van der Waals surface area contributed by atoms with Gasteiger partial charge in [-0.05, 0) is 50.2 Å². The summed E-state index contributed by atoms with van der Waals surface area (Å²) in [5, 5.41) is 8.69. The van der Waals surface area contributed by atoms with Crippen molar-refractivity contribution in [1.29, 1.82) is 5.26 Å². The third kappa shape index (κ3) is 3.56. The maximum absolute atomic E-state index is 8.69. The molecule has 0 aliphatic rings. The van der Waals surface area contributed by atoms with Crippen LogP contribution in [0.2, 0.25) is 0 Å². The molecular weight excluding hydrogens is 236 g/mol. The molecule has 2 aromatic rings.